The van der Waals surface area contributed by atoms with Gasteiger partial charge in [0.25, 0.3) is 0 Å². The van der Waals surface area contributed by atoms with Gasteiger partial charge < -0.3 is 19.1 Å². The Morgan fingerprint density at radius 2 is 2.00 bits per heavy atom. The van der Waals surface area contributed by atoms with Crippen LogP contribution < -0.4 is 0 Å². The van der Waals surface area contributed by atoms with Crippen LogP contribution >= 0.6 is 15.9 Å². The fourth-order valence-electron chi connectivity index (χ4n) is 2.57. The maximum absolute atomic E-state index is 10.0. The van der Waals surface area contributed by atoms with E-state index in [0.717, 1.165) is 42.0 Å². The third-order valence-corrected chi connectivity index (χ3v) is 4.35. The molecule has 0 bridgehead atoms. The van der Waals surface area contributed by atoms with Gasteiger partial charge in [-0.15, -0.1) is 0 Å². The molecule has 24 heavy (non-hydrogen) atoms. The van der Waals surface area contributed by atoms with E-state index in [4.69, 9.17) is 14.0 Å². The molecule has 1 saturated heterocycles. The molecule has 1 aliphatic rings. The Balaban J connectivity index is 1.42. The Morgan fingerprint density at radius 3 is 2.75 bits per heavy atom. The van der Waals surface area contributed by atoms with E-state index in [1.807, 2.05) is 30.3 Å². The lowest BCUT2D eigenvalue weighted by Crippen LogP contribution is -2.42. The van der Waals surface area contributed by atoms with Crippen molar-refractivity contribution in [1.29, 1.82) is 0 Å². The average molecular weight is 397 g/mol. The second kappa shape index (κ2) is 8.73. The number of morpholine rings is 1. The van der Waals surface area contributed by atoms with E-state index >= 15 is 0 Å². The maximum Gasteiger partial charge on any atom is 0.163 e. The highest BCUT2D eigenvalue weighted by atomic mass is 79.9. The predicted molar refractivity (Wildman–Crippen MR) is 92.6 cm³/mol. The Bertz CT molecular complexity index is 626. The molecule has 3 rings (SSSR count). The van der Waals surface area contributed by atoms with Gasteiger partial charge in [-0.1, -0.05) is 33.2 Å². The summed E-state index contributed by atoms with van der Waals surface area (Å²) in [5, 5.41) is 14.1. The number of hydrogen-bond donors (Lipinski definition) is 1. The Kier molecular flexibility index (Phi) is 6.39. The number of rotatable bonds is 7. The minimum Gasteiger partial charge on any atom is -0.389 e. The minimum absolute atomic E-state index is 0.270. The molecule has 130 valence electrons. The van der Waals surface area contributed by atoms with Crippen molar-refractivity contribution in [2.24, 2.45) is 0 Å². The van der Waals surface area contributed by atoms with Crippen molar-refractivity contribution < 1.29 is 19.1 Å². The fourth-order valence-corrected chi connectivity index (χ4v) is 2.83. The molecule has 0 saturated carbocycles. The van der Waals surface area contributed by atoms with Crippen LogP contribution in [0, 0.1) is 0 Å². The molecule has 1 N–H and O–H groups in total. The largest absolute Gasteiger partial charge is 0.389 e. The van der Waals surface area contributed by atoms with E-state index in [-0.39, 0.29) is 6.61 Å². The Labute approximate surface area is 149 Å². The normalized spacial score (nSPS) is 17.1. The van der Waals surface area contributed by atoms with Gasteiger partial charge in [0.05, 0.1) is 25.9 Å². The molecular formula is C17H21BrN2O4. The van der Waals surface area contributed by atoms with Gasteiger partial charge in [-0.2, -0.15) is 0 Å². The molecule has 0 amide bonds. The molecule has 1 aromatic heterocycles. The first kappa shape index (κ1) is 17.6. The van der Waals surface area contributed by atoms with Crippen molar-refractivity contribution in [3.05, 3.63) is 40.6 Å². The second-order valence-corrected chi connectivity index (χ2v) is 6.68. The van der Waals surface area contributed by atoms with Crippen LogP contribution in [0.2, 0.25) is 0 Å². The number of aliphatic hydroxyl groups excluding tert-OH is 1. The lowest BCUT2D eigenvalue weighted by Gasteiger charge is -2.28. The molecule has 6 nitrogen and oxygen atoms in total. The van der Waals surface area contributed by atoms with Crippen molar-refractivity contribution in [2.45, 2.75) is 12.7 Å². The Hall–Kier alpha value is -1.25. The van der Waals surface area contributed by atoms with E-state index in [1.54, 1.807) is 0 Å². The summed E-state index contributed by atoms with van der Waals surface area (Å²) in [5.41, 5.74) is 1.76. The quantitative estimate of drug-likeness (QED) is 0.774. The predicted octanol–water partition coefficient (Wildman–Crippen LogP) is 2.31. The van der Waals surface area contributed by atoms with Crippen molar-refractivity contribution >= 4 is 15.9 Å². The highest BCUT2D eigenvalue weighted by Crippen LogP contribution is 2.21. The van der Waals surface area contributed by atoms with Gasteiger partial charge in [-0.05, 0) is 12.1 Å². The second-order valence-electron chi connectivity index (χ2n) is 5.77. The lowest BCUT2D eigenvalue weighted by atomic mass is 10.1. The third kappa shape index (κ3) is 5.12. The van der Waals surface area contributed by atoms with Gasteiger partial charge in [-0.25, -0.2) is 0 Å². The molecule has 1 fully saturated rings. The summed E-state index contributed by atoms with van der Waals surface area (Å²) in [7, 11) is 0. The number of halogens is 1. The zero-order valence-corrected chi connectivity index (χ0v) is 14.9. The molecule has 2 heterocycles. The molecule has 2 aromatic rings. The lowest BCUT2D eigenvalue weighted by molar-refractivity contribution is -0.0204. The number of aromatic nitrogens is 1. The SMILES string of the molecule is OC(COCc1cc(-c2ccc(Br)cc2)no1)CN1CCOCC1. The smallest absolute Gasteiger partial charge is 0.163 e. The van der Waals surface area contributed by atoms with Crippen LogP contribution in [0.3, 0.4) is 0 Å². The summed E-state index contributed by atoms with van der Waals surface area (Å²) in [6.45, 7) is 4.33. The summed E-state index contributed by atoms with van der Waals surface area (Å²) in [6.07, 6.45) is -0.517. The number of aliphatic hydroxyl groups is 1. The van der Waals surface area contributed by atoms with Gasteiger partial charge >= 0.3 is 0 Å². The van der Waals surface area contributed by atoms with Crippen LogP contribution in [0.25, 0.3) is 11.3 Å². The zero-order valence-electron chi connectivity index (χ0n) is 13.4. The van der Waals surface area contributed by atoms with Gasteiger partial charge in [0.2, 0.25) is 0 Å². The molecule has 0 aliphatic carbocycles. The summed E-state index contributed by atoms with van der Waals surface area (Å²) in [4.78, 5) is 2.18. The van der Waals surface area contributed by atoms with Crippen molar-refractivity contribution in [1.82, 2.24) is 10.1 Å². The van der Waals surface area contributed by atoms with Gasteiger partial charge in [-0.3, -0.25) is 4.90 Å². The standard InChI is InChI=1S/C17H21BrN2O4/c18-14-3-1-13(2-4-14)17-9-16(24-19-17)12-23-11-15(21)10-20-5-7-22-8-6-20/h1-4,9,15,21H,5-8,10-12H2. The first-order valence-electron chi connectivity index (χ1n) is 7.98. The molecular weight excluding hydrogens is 376 g/mol. The molecule has 1 aromatic carbocycles. The monoisotopic (exact) mass is 396 g/mol. The highest BCUT2D eigenvalue weighted by Gasteiger charge is 2.15. The number of hydrogen-bond acceptors (Lipinski definition) is 6. The first-order valence-corrected chi connectivity index (χ1v) is 8.77. The molecule has 1 atom stereocenters. The van der Waals surface area contributed by atoms with E-state index in [1.165, 1.54) is 0 Å². The van der Waals surface area contributed by atoms with E-state index in [0.29, 0.717) is 18.9 Å². The summed E-state index contributed by atoms with van der Waals surface area (Å²) in [6, 6.07) is 9.72. The Morgan fingerprint density at radius 1 is 1.25 bits per heavy atom. The van der Waals surface area contributed by atoms with Gasteiger partial charge in [0.15, 0.2) is 5.76 Å². The fraction of sp³-hybridized carbons (Fsp3) is 0.471. The van der Waals surface area contributed by atoms with Gasteiger partial charge in [0, 0.05) is 35.7 Å². The molecule has 7 heteroatoms. The maximum atomic E-state index is 10.0. The van der Waals surface area contributed by atoms with Crippen LogP contribution in [-0.4, -0.2) is 60.7 Å². The minimum atomic E-state index is -0.517. The van der Waals surface area contributed by atoms with Crippen molar-refractivity contribution in [3.8, 4) is 11.3 Å². The summed E-state index contributed by atoms with van der Waals surface area (Å²) >= 11 is 3.41. The average Bonchev–Trinajstić information content (AvgIpc) is 3.05. The van der Waals surface area contributed by atoms with E-state index in [2.05, 4.69) is 26.0 Å². The van der Waals surface area contributed by atoms with Gasteiger partial charge in [0.1, 0.15) is 12.3 Å². The van der Waals surface area contributed by atoms with E-state index in [9.17, 15) is 5.11 Å². The van der Waals surface area contributed by atoms with Crippen LogP contribution in [0.5, 0.6) is 0 Å². The first-order chi connectivity index (χ1) is 11.7. The molecule has 1 unspecified atom stereocenters. The molecule has 0 spiro atoms. The zero-order chi connectivity index (χ0) is 16.8. The molecule has 0 radical (unpaired) electrons. The summed E-state index contributed by atoms with van der Waals surface area (Å²) in [5.74, 6) is 0.645. The van der Waals surface area contributed by atoms with Crippen LogP contribution in [0.4, 0.5) is 0 Å². The highest BCUT2D eigenvalue weighted by molar-refractivity contribution is 9.10. The van der Waals surface area contributed by atoms with Crippen molar-refractivity contribution in [2.75, 3.05) is 39.5 Å². The third-order valence-electron chi connectivity index (χ3n) is 3.83. The topological polar surface area (TPSA) is 68.0 Å². The van der Waals surface area contributed by atoms with Crippen molar-refractivity contribution in [3.63, 3.8) is 0 Å². The number of ether oxygens (including phenoxy) is 2. The van der Waals surface area contributed by atoms with Crippen LogP contribution in [0.1, 0.15) is 5.76 Å². The van der Waals surface area contributed by atoms with Crippen LogP contribution in [-0.2, 0) is 16.1 Å². The van der Waals surface area contributed by atoms with E-state index < -0.39 is 6.10 Å². The number of benzene rings is 1. The summed E-state index contributed by atoms with van der Waals surface area (Å²) < 4.78 is 17.1. The number of β-amino-alcohol motifs (C(OH)–C–C–N with tert-alkyl or cyclic N) is 1. The van der Waals surface area contributed by atoms with Crippen LogP contribution in [0.15, 0.2) is 39.3 Å². The number of nitrogens with zero attached hydrogens (tertiary/aromatic N) is 2. The molecule has 1 aliphatic heterocycles.